The highest BCUT2D eigenvalue weighted by molar-refractivity contribution is 5.78. The molecule has 0 aromatic heterocycles. The Kier molecular flexibility index (Phi) is 7.24. The zero-order valence-corrected chi connectivity index (χ0v) is 16.3. The van der Waals surface area contributed by atoms with Gasteiger partial charge in [-0.2, -0.15) is 0 Å². The molecule has 2 aliphatic heterocycles. The molecule has 2 aliphatic rings. The van der Waals surface area contributed by atoms with Crippen molar-refractivity contribution in [3.8, 4) is 0 Å². The van der Waals surface area contributed by atoms with Crippen LogP contribution in [0.3, 0.4) is 0 Å². The van der Waals surface area contributed by atoms with Crippen LogP contribution >= 0.6 is 0 Å². The number of esters is 1. The molecule has 1 aromatic rings. The van der Waals surface area contributed by atoms with Gasteiger partial charge in [0.15, 0.2) is 0 Å². The number of hydrogen-bond acceptors (Lipinski definition) is 5. The minimum atomic E-state index is -0.0852. The lowest BCUT2D eigenvalue weighted by Crippen LogP contribution is -2.51. The average molecular weight is 373 g/mol. The smallest absolute Gasteiger partial charge is 0.309 e. The van der Waals surface area contributed by atoms with Gasteiger partial charge in [-0.25, -0.2) is 0 Å². The summed E-state index contributed by atoms with van der Waals surface area (Å²) in [4.78, 5) is 31.0. The zero-order chi connectivity index (χ0) is 19.1. The Morgan fingerprint density at radius 3 is 2.26 bits per heavy atom. The first-order chi connectivity index (χ1) is 13.2. The maximum absolute atomic E-state index is 12.6. The van der Waals surface area contributed by atoms with E-state index in [-0.39, 0.29) is 17.8 Å². The van der Waals surface area contributed by atoms with E-state index in [1.54, 1.807) is 0 Å². The van der Waals surface area contributed by atoms with Gasteiger partial charge in [0.05, 0.1) is 19.1 Å². The maximum Gasteiger partial charge on any atom is 0.309 e. The second kappa shape index (κ2) is 9.85. The Balaban J connectivity index is 1.37. The van der Waals surface area contributed by atoms with Crippen molar-refractivity contribution in [1.29, 1.82) is 0 Å². The van der Waals surface area contributed by atoms with Crippen LogP contribution in [0.5, 0.6) is 0 Å². The molecule has 0 atom stereocenters. The number of benzene rings is 1. The van der Waals surface area contributed by atoms with Gasteiger partial charge in [0.2, 0.25) is 5.91 Å². The summed E-state index contributed by atoms with van der Waals surface area (Å²) < 4.78 is 5.11. The van der Waals surface area contributed by atoms with Crippen LogP contribution in [0.15, 0.2) is 30.3 Å². The van der Waals surface area contributed by atoms with Crippen molar-refractivity contribution in [2.45, 2.75) is 26.3 Å². The number of piperazine rings is 1. The summed E-state index contributed by atoms with van der Waals surface area (Å²) in [6, 6.07) is 10.5. The minimum Gasteiger partial charge on any atom is -0.466 e. The van der Waals surface area contributed by atoms with Gasteiger partial charge in [-0.1, -0.05) is 30.3 Å². The Morgan fingerprint density at radius 1 is 0.963 bits per heavy atom. The molecule has 1 amide bonds. The van der Waals surface area contributed by atoms with E-state index in [2.05, 4.69) is 34.1 Å². The largest absolute Gasteiger partial charge is 0.466 e. The highest BCUT2D eigenvalue weighted by Crippen LogP contribution is 2.19. The van der Waals surface area contributed by atoms with Crippen molar-refractivity contribution in [3.63, 3.8) is 0 Å². The fourth-order valence-electron chi connectivity index (χ4n) is 3.88. The predicted molar refractivity (Wildman–Crippen MR) is 104 cm³/mol. The normalized spacial score (nSPS) is 19.8. The first-order valence-corrected chi connectivity index (χ1v) is 10.1. The van der Waals surface area contributed by atoms with E-state index >= 15 is 0 Å². The van der Waals surface area contributed by atoms with E-state index in [0.29, 0.717) is 13.2 Å². The molecule has 0 spiro atoms. The molecule has 0 aliphatic carbocycles. The molecule has 148 valence electrons. The van der Waals surface area contributed by atoms with E-state index < -0.39 is 0 Å². The van der Waals surface area contributed by atoms with E-state index in [1.807, 2.05) is 17.9 Å². The zero-order valence-electron chi connectivity index (χ0n) is 16.3. The van der Waals surface area contributed by atoms with E-state index in [0.717, 1.165) is 58.7 Å². The first kappa shape index (κ1) is 19.8. The topological polar surface area (TPSA) is 53.1 Å². The fraction of sp³-hybridized carbons (Fsp3) is 0.619. The van der Waals surface area contributed by atoms with Crippen molar-refractivity contribution in [1.82, 2.24) is 14.7 Å². The number of amides is 1. The fourth-order valence-corrected chi connectivity index (χ4v) is 3.88. The first-order valence-electron chi connectivity index (χ1n) is 10.1. The lowest BCUT2D eigenvalue weighted by atomic mass is 9.97. The molecule has 0 radical (unpaired) electrons. The average Bonchev–Trinajstić information content (AvgIpc) is 2.70. The van der Waals surface area contributed by atoms with E-state index in [4.69, 9.17) is 4.74 Å². The van der Waals surface area contributed by atoms with Crippen LogP contribution in [0.2, 0.25) is 0 Å². The number of ether oxygens (including phenoxy) is 1. The molecule has 1 aromatic carbocycles. The monoisotopic (exact) mass is 373 g/mol. The molecule has 0 bridgehead atoms. The van der Waals surface area contributed by atoms with Gasteiger partial charge in [-0.05, 0) is 38.4 Å². The summed E-state index contributed by atoms with van der Waals surface area (Å²) >= 11 is 0. The molecular formula is C21H31N3O3. The highest BCUT2D eigenvalue weighted by atomic mass is 16.5. The lowest BCUT2D eigenvalue weighted by molar-refractivity contribution is -0.149. The SMILES string of the molecule is CCOC(=O)C1CCN(CC(=O)N2CCN(Cc3ccccc3)CC2)CC1. The van der Waals surface area contributed by atoms with Crippen LogP contribution in [0.25, 0.3) is 0 Å². The molecular weight excluding hydrogens is 342 g/mol. The van der Waals surface area contributed by atoms with Crippen molar-refractivity contribution in [2.75, 3.05) is 52.4 Å². The van der Waals surface area contributed by atoms with Crippen molar-refractivity contribution in [3.05, 3.63) is 35.9 Å². The summed E-state index contributed by atoms with van der Waals surface area (Å²) in [7, 11) is 0. The number of nitrogens with zero attached hydrogens (tertiary/aromatic N) is 3. The van der Waals surface area contributed by atoms with E-state index in [1.165, 1.54) is 5.56 Å². The quantitative estimate of drug-likeness (QED) is 0.709. The molecule has 2 fully saturated rings. The highest BCUT2D eigenvalue weighted by Gasteiger charge is 2.28. The molecule has 0 saturated carbocycles. The molecule has 2 saturated heterocycles. The van der Waals surface area contributed by atoms with Gasteiger partial charge in [0.25, 0.3) is 0 Å². The Bertz CT molecular complexity index is 606. The number of rotatable bonds is 6. The third kappa shape index (κ3) is 5.78. The third-order valence-corrected chi connectivity index (χ3v) is 5.54. The third-order valence-electron chi connectivity index (χ3n) is 5.54. The molecule has 0 unspecified atom stereocenters. The van der Waals surface area contributed by atoms with Gasteiger partial charge < -0.3 is 9.64 Å². The Labute approximate surface area is 162 Å². The number of likely N-dealkylation sites (tertiary alicyclic amines) is 1. The van der Waals surface area contributed by atoms with Gasteiger partial charge >= 0.3 is 5.97 Å². The van der Waals surface area contributed by atoms with Gasteiger partial charge in [-0.15, -0.1) is 0 Å². The Morgan fingerprint density at radius 2 is 1.63 bits per heavy atom. The summed E-state index contributed by atoms with van der Waals surface area (Å²) in [6.07, 6.45) is 1.58. The van der Waals surface area contributed by atoms with Gasteiger partial charge in [0, 0.05) is 32.7 Å². The molecule has 6 heteroatoms. The van der Waals surface area contributed by atoms with Gasteiger partial charge in [0.1, 0.15) is 0 Å². The molecule has 6 nitrogen and oxygen atoms in total. The minimum absolute atomic E-state index is 0.00201. The van der Waals surface area contributed by atoms with Crippen LogP contribution in [-0.2, 0) is 20.9 Å². The number of hydrogen-bond donors (Lipinski definition) is 0. The van der Waals surface area contributed by atoms with Crippen LogP contribution in [0, 0.1) is 5.92 Å². The molecule has 0 N–H and O–H groups in total. The summed E-state index contributed by atoms with van der Waals surface area (Å²) in [5, 5.41) is 0. The number of carbonyl (C=O) groups is 2. The molecule has 2 heterocycles. The maximum atomic E-state index is 12.6. The second-order valence-electron chi connectivity index (χ2n) is 7.45. The summed E-state index contributed by atoms with van der Waals surface area (Å²) in [5.74, 6) is 0.125. The van der Waals surface area contributed by atoms with Crippen LogP contribution < -0.4 is 0 Å². The summed E-state index contributed by atoms with van der Waals surface area (Å²) in [6.45, 7) is 8.72. The van der Waals surface area contributed by atoms with Crippen molar-refractivity contribution >= 4 is 11.9 Å². The standard InChI is InChI=1S/C21H31N3O3/c1-2-27-21(26)19-8-10-22(11-9-19)17-20(25)24-14-12-23(13-15-24)16-18-6-4-3-5-7-18/h3-7,19H,2,8-17H2,1H3. The Hall–Kier alpha value is -1.92. The summed E-state index contributed by atoms with van der Waals surface area (Å²) in [5.41, 5.74) is 1.32. The van der Waals surface area contributed by atoms with Crippen LogP contribution in [-0.4, -0.2) is 79.0 Å². The van der Waals surface area contributed by atoms with Crippen LogP contribution in [0.4, 0.5) is 0 Å². The lowest BCUT2D eigenvalue weighted by Gasteiger charge is -2.37. The number of carbonyl (C=O) groups excluding carboxylic acids is 2. The molecule has 27 heavy (non-hydrogen) atoms. The predicted octanol–water partition coefficient (Wildman–Crippen LogP) is 1.61. The molecule has 3 rings (SSSR count). The van der Waals surface area contributed by atoms with Gasteiger partial charge in [-0.3, -0.25) is 19.4 Å². The van der Waals surface area contributed by atoms with Crippen LogP contribution in [0.1, 0.15) is 25.3 Å². The van der Waals surface area contributed by atoms with Crippen molar-refractivity contribution in [2.24, 2.45) is 5.92 Å². The second-order valence-corrected chi connectivity index (χ2v) is 7.45. The van der Waals surface area contributed by atoms with Crippen molar-refractivity contribution < 1.29 is 14.3 Å². The van der Waals surface area contributed by atoms with E-state index in [9.17, 15) is 9.59 Å². The number of piperidine rings is 1.